The molecular weight excluding hydrogens is 321 g/mol. The van der Waals surface area contributed by atoms with Crippen LogP contribution in [0.25, 0.3) is 11.1 Å². The van der Waals surface area contributed by atoms with Crippen LogP contribution in [0.3, 0.4) is 0 Å². The second kappa shape index (κ2) is 6.37. The van der Waals surface area contributed by atoms with Crippen molar-refractivity contribution in [2.45, 2.75) is 51.1 Å². The van der Waals surface area contributed by atoms with Crippen LogP contribution < -0.4 is 0 Å². The molecule has 1 heterocycles. The standard InChI is InChI=1S/C17H21F3N2O2/c1-10-21-13-8-11(7-12(16(13)24-10)17(18,19)20)9-22(2)14-5-4-6-15(14)23-3/h7-8,14-15H,4-6,9H2,1-3H3/t14?,15-/m1/s1. The minimum atomic E-state index is -4.47. The molecule has 3 rings (SSSR count). The molecule has 0 radical (unpaired) electrons. The normalized spacial score (nSPS) is 22.0. The molecule has 0 bridgehead atoms. The molecule has 24 heavy (non-hydrogen) atoms. The number of rotatable bonds is 4. The molecule has 2 aromatic rings. The Morgan fingerprint density at radius 2 is 2.08 bits per heavy atom. The molecule has 2 atom stereocenters. The van der Waals surface area contributed by atoms with Crippen LogP contribution >= 0.6 is 0 Å². The van der Waals surface area contributed by atoms with Crippen molar-refractivity contribution < 1.29 is 22.3 Å². The van der Waals surface area contributed by atoms with Crippen molar-refractivity contribution in [3.05, 3.63) is 29.2 Å². The molecule has 1 aliphatic rings. The Kier molecular flexibility index (Phi) is 4.57. The van der Waals surface area contributed by atoms with Crippen LogP contribution in [0.4, 0.5) is 13.2 Å². The molecule has 7 heteroatoms. The van der Waals surface area contributed by atoms with E-state index in [4.69, 9.17) is 9.15 Å². The number of methoxy groups -OCH3 is 1. The summed E-state index contributed by atoms with van der Waals surface area (Å²) >= 11 is 0. The zero-order valence-electron chi connectivity index (χ0n) is 14.0. The Morgan fingerprint density at radius 1 is 1.33 bits per heavy atom. The predicted molar refractivity (Wildman–Crippen MR) is 83.7 cm³/mol. The van der Waals surface area contributed by atoms with Crippen LogP contribution in [0.5, 0.6) is 0 Å². The van der Waals surface area contributed by atoms with Gasteiger partial charge in [-0.15, -0.1) is 0 Å². The van der Waals surface area contributed by atoms with Gasteiger partial charge in [-0.1, -0.05) is 0 Å². The van der Waals surface area contributed by atoms with Crippen molar-refractivity contribution in [3.8, 4) is 0 Å². The second-order valence-corrected chi connectivity index (χ2v) is 6.41. The number of aryl methyl sites for hydroxylation is 1. The fourth-order valence-electron chi connectivity index (χ4n) is 3.59. The Bertz CT molecular complexity index is 726. The first kappa shape index (κ1) is 17.2. The van der Waals surface area contributed by atoms with Crippen molar-refractivity contribution in [1.82, 2.24) is 9.88 Å². The van der Waals surface area contributed by atoms with Gasteiger partial charge in [0.1, 0.15) is 11.1 Å². The van der Waals surface area contributed by atoms with Crippen LogP contribution in [0, 0.1) is 6.92 Å². The summed E-state index contributed by atoms with van der Waals surface area (Å²) in [6.07, 6.45) is -1.28. The quantitative estimate of drug-likeness (QED) is 0.836. The molecule has 1 aliphatic carbocycles. The van der Waals surface area contributed by atoms with Gasteiger partial charge in [-0.25, -0.2) is 4.98 Å². The lowest BCUT2D eigenvalue weighted by molar-refractivity contribution is -0.136. The zero-order valence-corrected chi connectivity index (χ0v) is 14.0. The van der Waals surface area contributed by atoms with Gasteiger partial charge in [-0.2, -0.15) is 13.2 Å². The number of aromatic nitrogens is 1. The molecule has 0 saturated heterocycles. The van der Waals surface area contributed by atoms with E-state index in [1.807, 2.05) is 7.05 Å². The highest BCUT2D eigenvalue weighted by atomic mass is 19.4. The van der Waals surface area contributed by atoms with Gasteiger partial charge in [0.15, 0.2) is 11.5 Å². The smallest absolute Gasteiger partial charge is 0.420 e. The van der Waals surface area contributed by atoms with Gasteiger partial charge >= 0.3 is 6.18 Å². The van der Waals surface area contributed by atoms with Crippen molar-refractivity contribution in [2.75, 3.05) is 14.2 Å². The van der Waals surface area contributed by atoms with Gasteiger partial charge in [0.05, 0.1) is 6.10 Å². The van der Waals surface area contributed by atoms with Crippen LogP contribution in [-0.4, -0.2) is 36.2 Å². The molecule has 1 aromatic carbocycles. The van der Waals surface area contributed by atoms with Gasteiger partial charge in [-0.3, -0.25) is 4.90 Å². The maximum atomic E-state index is 13.3. The first-order valence-corrected chi connectivity index (χ1v) is 8.00. The van der Waals surface area contributed by atoms with Gasteiger partial charge in [0.2, 0.25) is 0 Å². The number of hydrogen-bond acceptors (Lipinski definition) is 4. The number of hydrogen-bond donors (Lipinski definition) is 0. The molecule has 4 nitrogen and oxygen atoms in total. The highest BCUT2D eigenvalue weighted by Gasteiger charge is 2.36. The number of alkyl halides is 3. The molecule has 132 valence electrons. The largest absolute Gasteiger partial charge is 0.440 e. The molecule has 0 aliphatic heterocycles. The average Bonchev–Trinajstić information content (AvgIpc) is 3.10. The topological polar surface area (TPSA) is 38.5 Å². The monoisotopic (exact) mass is 342 g/mol. The van der Waals surface area contributed by atoms with E-state index in [9.17, 15) is 13.2 Å². The Labute approximate surface area is 138 Å². The third-order valence-electron chi connectivity index (χ3n) is 4.68. The summed E-state index contributed by atoms with van der Waals surface area (Å²) in [5, 5.41) is 0. The van der Waals surface area contributed by atoms with E-state index in [1.165, 1.54) is 6.07 Å². The van der Waals surface area contributed by atoms with Crippen LogP contribution in [0.1, 0.15) is 36.3 Å². The summed E-state index contributed by atoms with van der Waals surface area (Å²) in [4.78, 5) is 6.14. The summed E-state index contributed by atoms with van der Waals surface area (Å²) in [5.41, 5.74) is -0.131. The number of ether oxygens (including phenoxy) is 1. The van der Waals surface area contributed by atoms with Crippen molar-refractivity contribution >= 4 is 11.1 Å². The number of fused-ring (bicyclic) bond motifs is 1. The van der Waals surface area contributed by atoms with Crippen LogP contribution in [0.15, 0.2) is 16.5 Å². The van der Waals surface area contributed by atoms with Gasteiger partial charge in [-0.05, 0) is 44.0 Å². The summed E-state index contributed by atoms with van der Waals surface area (Å²) in [7, 11) is 3.61. The number of likely N-dealkylation sites (N-methyl/N-ethyl adjacent to an activating group) is 1. The van der Waals surface area contributed by atoms with E-state index in [2.05, 4.69) is 9.88 Å². The number of halogens is 3. The molecule has 1 fully saturated rings. The highest BCUT2D eigenvalue weighted by Crippen LogP contribution is 2.36. The molecule has 0 amide bonds. The van der Waals surface area contributed by atoms with E-state index >= 15 is 0 Å². The summed E-state index contributed by atoms with van der Waals surface area (Å²) in [6, 6.07) is 3.06. The van der Waals surface area contributed by atoms with Crippen LogP contribution in [-0.2, 0) is 17.5 Å². The fraction of sp³-hybridized carbons (Fsp3) is 0.588. The molecule has 1 saturated carbocycles. The maximum absolute atomic E-state index is 13.3. The summed E-state index contributed by atoms with van der Waals surface area (Å²) in [5.74, 6) is 0.233. The van der Waals surface area contributed by atoms with Crippen LogP contribution in [0.2, 0.25) is 0 Å². The minimum Gasteiger partial charge on any atom is -0.440 e. The SMILES string of the molecule is CO[C@@H]1CCCC1N(C)Cc1cc(C(F)(F)F)c2oc(C)nc2c1. The fourth-order valence-corrected chi connectivity index (χ4v) is 3.59. The average molecular weight is 342 g/mol. The van der Waals surface area contributed by atoms with Gasteiger partial charge in [0, 0.05) is 26.6 Å². The highest BCUT2D eigenvalue weighted by molar-refractivity contribution is 5.78. The van der Waals surface area contributed by atoms with E-state index in [0.29, 0.717) is 12.1 Å². The van der Waals surface area contributed by atoms with Crippen molar-refractivity contribution in [2.24, 2.45) is 0 Å². The first-order chi connectivity index (χ1) is 11.3. The van der Waals surface area contributed by atoms with Crippen molar-refractivity contribution in [1.29, 1.82) is 0 Å². The molecule has 1 unspecified atom stereocenters. The van der Waals surface area contributed by atoms with Gasteiger partial charge in [0.25, 0.3) is 0 Å². The Balaban J connectivity index is 1.92. The second-order valence-electron chi connectivity index (χ2n) is 6.41. The molecular formula is C17H21F3N2O2. The Morgan fingerprint density at radius 3 is 2.75 bits per heavy atom. The predicted octanol–water partition coefficient (Wildman–Crippen LogP) is 4.15. The molecule has 0 N–H and O–H groups in total. The number of benzene rings is 1. The van der Waals surface area contributed by atoms with E-state index in [-0.39, 0.29) is 29.1 Å². The minimum absolute atomic E-state index is 0.134. The third kappa shape index (κ3) is 3.28. The number of nitrogens with zero attached hydrogens (tertiary/aromatic N) is 2. The van der Waals surface area contributed by atoms with Gasteiger partial charge < -0.3 is 9.15 Å². The van der Waals surface area contributed by atoms with E-state index in [0.717, 1.165) is 19.3 Å². The summed E-state index contributed by atoms with van der Waals surface area (Å²) in [6.45, 7) is 1.96. The third-order valence-corrected chi connectivity index (χ3v) is 4.68. The lowest BCUT2D eigenvalue weighted by atomic mass is 10.1. The Hall–Kier alpha value is -1.60. The maximum Gasteiger partial charge on any atom is 0.420 e. The summed E-state index contributed by atoms with van der Waals surface area (Å²) < 4.78 is 50.7. The zero-order chi connectivity index (χ0) is 17.5. The lowest BCUT2D eigenvalue weighted by Crippen LogP contribution is -2.38. The van der Waals surface area contributed by atoms with Crippen molar-refractivity contribution in [3.63, 3.8) is 0 Å². The lowest BCUT2D eigenvalue weighted by Gasteiger charge is -2.29. The number of oxazole rings is 1. The van der Waals surface area contributed by atoms with E-state index in [1.54, 1.807) is 20.1 Å². The van der Waals surface area contributed by atoms with E-state index < -0.39 is 11.7 Å². The molecule has 0 spiro atoms. The first-order valence-electron chi connectivity index (χ1n) is 8.00. The molecule has 1 aromatic heterocycles.